The summed E-state index contributed by atoms with van der Waals surface area (Å²) in [5, 5.41) is 8.02. The van der Waals surface area contributed by atoms with E-state index in [0.29, 0.717) is 6.42 Å². The molecule has 0 saturated carbocycles. The van der Waals surface area contributed by atoms with Gasteiger partial charge in [0.05, 0.1) is 6.07 Å². The molecule has 1 nitrogen and oxygen atoms in total. The number of nitriles is 1. The molecule has 0 fully saturated rings. The fourth-order valence-electron chi connectivity index (χ4n) is 0.171. The molecule has 40 valence electrons. The van der Waals surface area contributed by atoms with Gasteiger partial charge in [0, 0.05) is 12.2 Å². The van der Waals surface area contributed by atoms with E-state index >= 15 is 0 Å². The van der Waals surface area contributed by atoms with Crippen molar-refractivity contribution in [1.82, 2.24) is 0 Å². The Morgan fingerprint density at radius 1 is 1.71 bits per heavy atom. The molecule has 0 aromatic carbocycles. The van der Waals surface area contributed by atoms with E-state index in [1.807, 2.05) is 6.26 Å². The Bertz CT molecular complexity index is 66.6. The number of rotatable bonds is 3. The quantitative estimate of drug-likeness (QED) is 0.434. The lowest BCUT2D eigenvalue weighted by atomic mass is 10.6. The van der Waals surface area contributed by atoms with Crippen LogP contribution in [-0.2, 0) is 0 Å². The van der Waals surface area contributed by atoms with Crippen LogP contribution in [0.3, 0.4) is 0 Å². The van der Waals surface area contributed by atoms with Gasteiger partial charge in [-0.05, 0) is 6.26 Å². The Balaban J connectivity index is 2.60. The second-order valence-electron chi connectivity index (χ2n) is 0.897. The predicted molar refractivity (Wildman–Crippen MR) is 36.2 cm³/mol. The zero-order valence-corrected chi connectivity index (χ0v) is 5.81. The highest BCUT2D eigenvalue weighted by atomic mass is 33.1. The predicted octanol–water partition coefficient (Wildman–Crippen LogP) is 1.91. The monoisotopic (exact) mass is 133 g/mol. The smallest absolute Gasteiger partial charge is 0.0630 e. The van der Waals surface area contributed by atoms with Crippen LogP contribution >= 0.6 is 21.6 Å². The van der Waals surface area contributed by atoms with E-state index in [-0.39, 0.29) is 0 Å². The van der Waals surface area contributed by atoms with Gasteiger partial charge in [0.1, 0.15) is 0 Å². The van der Waals surface area contributed by atoms with E-state index in [2.05, 4.69) is 6.07 Å². The van der Waals surface area contributed by atoms with Gasteiger partial charge in [-0.1, -0.05) is 21.6 Å². The standard InChI is InChI=1S/C4H7NS2/c1-6-7-4-2-3-5/h2,4H2,1H3. The number of hydrogen-bond donors (Lipinski definition) is 0. The minimum atomic E-state index is 0.672. The zero-order chi connectivity index (χ0) is 5.54. The maximum absolute atomic E-state index is 8.02. The molecule has 0 amide bonds. The molecule has 0 aliphatic rings. The van der Waals surface area contributed by atoms with E-state index in [4.69, 9.17) is 5.26 Å². The summed E-state index contributed by atoms with van der Waals surface area (Å²) >= 11 is 0. The summed E-state index contributed by atoms with van der Waals surface area (Å²) in [6, 6.07) is 2.07. The Morgan fingerprint density at radius 2 is 2.43 bits per heavy atom. The summed E-state index contributed by atoms with van der Waals surface area (Å²) in [5.74, 6) is 0.956. The summed E-state index contributed by atoms with van der Waals surface area (Å²) < 4.78 is 0. The van der Waals surface area contributed by atoms with E-state index in [1.54, 1.807) is 21.6 Å². The molecule has 0 aromatic heterocycles. The first kappa shape index (κ1) is 7.19. The van der Waals surface area contributed by atoms with Crippen LogP contribution in [0.5, 0.6) is 0 Å². The molecule has 0 N–H and O–H groups in total. The third-order valence-electron chi connectivity index (χ3n) is 0.415. The van der Waals surface area contributed by atoms with Crippen molar-refractivity contribution in [2.24, 2.45) is 0 Å². The van der Waals surface area contributed by atoms with Crippen molar-refractivity contribution >= 4 is 21.6 Å². The van der Waals surface area contributed by atoms with E-state index in [1.165, 1.54) is 0 Å². The lowest BCUT2D eigenvalue weighted by Crippen LogP contribution is -1.67. The summed E-state index contributed by atoms with van der Waals surface area (Å²) in [6.07, 6.45) is 2.69. The van der Waals surface area contributed by atoms with Crippen LogP contribution in [0.4, 0.5) is 0 Å². The first-order valence-corrected chi connectivity index (χ1v) is 4.67. The van der Waals surface area contributed by atoms with Gasteiger partial charge in [0.15, 0.2) is 0 Å². The molecule has 0 heterocycles. The highest BCUT2D eigenvalue weighted by Crippen LogP contribution is 2.16. The third kappa shape index (κ3) is 6.19. The van der Waals surface area contributed by atoms with Crippen molar-refractivity contribution in [3.8, 4) is 6.07 Å². The molecular formula is C4H7NS2. The van der Waals surface area contributed by atoms with Gasteiger partial charge in [0.25, 0.3) is 0 Å². The molecule has 3 heteroatoms. The molecule has 7 heavy (non-hydrogen) atoms. The average Bonchev–Trinajstić information content (AvgIpc) is 1.69. The highest BCUT2D eigenvalue weighted by molar-refractivity contribution is 8.76. The molecule has 0 rings (SSSR count). The second kappa shape index (κ2) is 6.19. The Hall–Kier alpha value is 0.190. The lowest BCUT2D eigenvalue weighted by Gasteiger charge is -1.84. The van der Waals surface area contributed by atoms with Gasteiger partial charge in [-0.25, -0.2) is 0 Å². The van der Waals surface area contributed by atoms with Gasteiger partial charge < -0.3 is 0 Å². The lowest BCUT2D eigenvalue weighted by molar-refractivity contribution is 1.25. The van der Waals surface area contributed by atoms with Crippen LogP contribution in [-0.4, -0.2) is 12.0 Å². The Kier molecular flexibility index (Phi) is 6.36. The van der Waals surface area contributed by atoms with Crippen LogP contribution in [0.2, 0.25) is 0 Å². The molecule has 0 bridgehead atoms. The van der Waals surface area contributed by atoms with Crippen molar-refractivity contribution in [1.29, 1.82) is 5.26 Å². The molecule has 0 aliphatic carbocycles. The van der Waals surface area contributed by atoms with E-state index in [9.17, 15) is 0 Å². The van der Waals surface area contributed by atoms with Gasteiger partial charge in [-0.3, -0.25) is 0 Å². The van der Waals surface area contributed by atoms with Crippen molar-refractivity contribution in [3.63, 3.8) is 0 Å². The van der Waals surface area contributed by atoms with E-state index in [0.717, 1.165) is 5.75 Å². The topological polar surface area (TPSA) is 23.8 Å². The molecule has 0 unspecified atom stereocenters. The minimum absolute atomic E-state index is 0.672. The van der Waals surface area contributed by atoms with Gasteiger partial charge in [-0.15, -0.1) is 0 Å². The van der Waals surface area contributed by atoms with Crippen LogP contribution < -0.4 is 0 Å². The van der Waals surface area contributed by atoms with Crippen molar-refractivity contribution in [2.45, 2.75) is 6.42 Å². The molecule has 0 spiro atoms. The fourth-order valence-corrected chi connectivity index (χ4v) is 1.26. The van der Waals surface area contributed by atoms with Crippen molar-refractivity contribution in [2.75, 3.05) is 12.0 Å². The van der Waals surface area contributed by atoms with E-state index < -0.39 is 0 Å². The van der Waals surface area contributed by atoms with Crippen LogP contribution in [0.25, 0.3) is 0 Å². The zero-order valence-electron chi connectivity index (χ0n) is 4.18. The number of hydrogen-bond acceptors (Lipinski definition) is 3. The average molecular weight is 133 g/mol. The van der Waals surface area contributed by atoms with Gasteiger partial charge >= 0.3 is 0 Å². The fraction of sp³-hybridized carbons (Fsp3) is 0.750. The molecule has 0 aliphatic heterocycles. The highest BCUT2D eigenvalue weighted by Gasteiger charge is 1.80. The van der Waals surface area contributed by atoms with Crippen molar-refractivity contribution < 1.29 is 0 Å². The Morgan fingerprint density at radius 3 is 2.86 bits per heavy atom. The third-order valence-corrected chi connectivity index (χ3v) is 2.23. The molecule has 0 atom stereocenters. The first-order valence-electron chi connectivity index (χ1n) is 1.94. The summed E-state index contributed by atoms with van der Waals surface area (Å²) in [7, 11) is 3.43. The first-order chi connectivity index (χ1) is 3.41. The maximum Gasteiger partial charge on any atom is 0.0630 e. The van der Waals surface area contributed by atoms with Crippen LogP contribution in [0, 0.1) is 11.3 Å². The molecule has 0 saturated heterocycles. The minimum Gasteiger partial charge on any atom is -0.198 e. The summed E-state index contributed by atoms with van der Waals surface area (Å²) in [4.78, 5) is 0. The van der Waals surface area contributed by atoms with Crippen LogP contribution in [0.1, 0.15) is 6.42 Å². The van der Waals surface area contributed by atoms with Gasteiger partial charge in [-0.2, -0.15) is 5.26 Å². The second-order valence-corrected chi connectivity index (χ2v) is 3.58. The normalized spacial score (nSPS) is 8.00. The summed E-state index contributed by atoms with van der Waals surface area (Å²) in [6.45, 7) is 0. The number of nitrogens with zero attached hydrogens (tertiary/aromatic N) is 1. The maximum atomic E-state index is 8.02. The SMILES string of the molecule is CSSCCC#N. The molecule has 0 aromatic rings. The largest absolute Gasteiger partial charge is 0.198 e. The van der Waals surface area contributed by atoms with Crippen molar-refractivity contribution in [3.05, 3.63) is 0 Å². The summed E-state index contributed by atoms with van der Waals surface area (Å²) in [5.41, 5.74) is 0. The van der Waals surface area contributed by atoms with Gasteiger partial charge in [0.2, 0.25) is 0 Å². The molecular weight excluding hydrogens is 126 g/mol. The molecule has 0 radical (unpaired) electrons. The van der Waals surface area contributed by atoms with Crippen LogP contribution in [0.15, 0.2) is 0 Å². The Labute approximate surface area is 51.9 Å².